The minimum atomic E-state index is -0.266. The molecule has 166 valence electrons. The number of carbonyl (C=O) groups is 1. The number of hydrogen-bond acceptors (Lipinski definition) is 6. The Kier molecular flexibility index (Phi) is 5.73. The molecule has 0 spiro atoms. The molecule has 1 N–H and O–H groups in total. The van der Waals surface area contributed by atoms with Crippen molar-refractivity contribution < 1.29 is 4.79 Å². The van der Waals surface area contributed by atoms with Gasteiger partial charge in [0.15, 0.2) is 5.82 Å². The molecular weight excluding hydrogens is 428 g/mol. The van der Waals surface area contributed by atoms with Crippen LogP contribution in [0.25, 0.3) is 34.4 Å². The highest BCUT2D eigenvalue weighted by atomic mass is 16.1. The predicted octanol–water partition coefficient (Wildman–Crippen LogP) is 3.78. The SMILES string of the molecule is Cn1nnnc1-c1cccc(NC(=O)/C=C/c2cn(-c3ccccc3)nc2-c2cccnc2)c1. The summed E-state index contributed by atoms with van der Waals surface area (Å²) in [6, 6.07) is 21.0. The van der Waals surface area contributed by atoms with E-state index in [1.165, 1.54) is 6.08 Å². The van der Waals surface area contributed by atoms with Crippen molar-refractivity contribution in [3.05, 3.63) is 97.0 Å². The van der Waals surface area contributed by atoms with Crippen molar-refractivity contribution in [3.63, 3.8) is 0 Å². The number of para-hydroxylation sites is 1. The van der Waals surface area contributed by atoms with E-state index in [1.54, 1.807) is 34.9 Å². The third kappa shape index (κ3) is 4.49. The second kappa shape index (κ2) is 9.29. The Balaban J connectivity index is 1.40. The first-order valence-corrected chi connectivity index (χ1v) is 10.5. The topological polar surface area (TPSA) is 103 Å². The molecule has 5 aromatic rings. The zero-order chi connectivity index (χ0) is 23.3. The number of tetrazole rings is 1. The maximum absolute atomic E-state index is 12.7. The van der Waals surface area contributed by atoms with Crippen LogP contribution < -0.4 is 5.32 Å². The minimum Gasteiger partial charge on any atom is -0.322 e. The van der Waals surface area contributed by atoms with Gasteiger partial charge in [0.1, 0.15) is 5.69 Å². The monoisotopic (exact) mass is 448 g/mol. The number of amides is 1. The number of pyridine rings is 1. The molecule has 0 unspecified atom stereocenters. The molecule has 0 atom stereocenters. The number of rotatable bonds is 6. The van der Waals surface area contributed by atoms with E-state index in [4.69, 9.17) is 5.10 Å². The van der Waals surface area contributed by atoms with E-state index in [0.29, 0.717) is 11.5 Å². The molecule has 0 aliphatic heterocycles. The minimum absolute atomic E-state index is 0.266. The molecule has 1 amide bonds. The van der Waals surface area contributed by atoms with Crippen molar-refractivity contribution in [1.29, 1.82) is 0 Å². The molecule has 0 bridgehead atoms. The summed E-state index contributed by atoms with van der Waals surface area (Å²) < 4.78 is 3.36. The van der Waals surface area contributed by atoms with Gasteiger partial charge >= 0.3 is 0 Å². The summed E-state index contributed by atoms with van der Waals surface area (Å²) in [6.07, 6.45) is 8.60. The fraction of sp³-hybridized carbons (Fsp3) is 0.0400. The molecule has 9 nitrogen and oxygen atoms in total. The smallest absolute Gasteiger partial charge is 0.248 e. The van der Waals surface area contributed by atoms with Crippen LogP contribution in [0.3, 0.4) is 0 Å². The first-order chi connectivity index (χ1) is 16.7. The highest BCUT2D eigenvalue weighted by Gasteiger charge is 2.12. The molecule has 0 fully saturated rings. The third-order valence-corrected chi connectivity index (χ3v) is 5.12. The zero-order valence-electron chi connectivity index (χ0n) is 18.3. The van der Waals surface area contributed by atoms with Gasteiger partial charge in [-0.15, -0.1) is 5.10 Å². The van der Waals surface area contributed by atoms with Crippen LogP contribution in [-0.4, -0.2) is 40.9 Å². The van der Waals surface area contributed by atoms with E-state index in [-0.39, 0.29) is 5.91 Å². The van der Waals surface area contributed by atoms with Crippen molar-refractivity contribution in [2.45, 2.75) is 0 Å². The summed E-state index contributed by atoms with van der Waals surface area (Å²) in [5.41, 5.74) is 4.76. The molecule has 0 radical (unpaired) electrons. The maximum atomic E-state index is 12.7. The van der Waals surface area contributed by atoms with E-state index >= 15 is 0 Å². The van der Waals surface area contributed by atoms with Crippen LogP contribution in [0.2, 0.25) is 0 Å². The van der Waals surface area contributed by atoms with Crippen LogP contribution in [0, 0.1) is 0 Å². The molecular formula is C25H20N8O. The summed E-state index contributed by atoms with van der Waals surface area (Å²) in [5, 5.41) is 19.1. The summed E-state index contributed by atoms with van der Waals surface area (Å²) in [4.78, 5) is 16.9. The van der Waals surface area contributed by atoms with E-state index in [0.717, 1.165) is 28.1 Å². The quantitative estimate of drug-likeness (QED) is 0.397. The lowest BCUT2D eigenvalue weighted by Crippen LogP contribution is -2.07. The number of anilines is 1. The summed E-state index contributed by atoms with van der Waals surface area (Å²) in [5.74, 6) is 0.346. The number of benzene rings is 2. The lowest BCUT2D eigenvalue weighted by atomic mass is 10.1. The fourth-order valence-electron chi connectivity index (χ4n) is 3.51. The lowest BCUT2D eigenvalue weighted by Gasteiger charge is -2.05. The van der Waals surface area contributed by atoms with Crippen molar-refractivity contribution in [1.82, 2.24) is 35.0 Å². The predicted molar refractivity (Wildman–Crippen MR) is 129 cm³/mol. The largest absolute Gasteiger partial charge is 0.322 e. The van der Waals surface area contributed by atoms with Crippen molar-refractivity contribution in [3.8, 4) is 28.3 Å². The van der Waals surface area contributed by atoms with Gasteiger partial charge in [-0.2, -0.15) is 5.10 Å². The Morgan fingerprint density at radius 3 is 2.62 bits per heavy atom. The lowest BCUT2D eigenvalue weighted by molar-refractivity contribution is -0.111. The number of aryl methyl sites for hydroxylation is 1. The van der Waals surface area contributed by atoms with Crippen molar-refractivity contribution in [2.24, 2.45) is 7.05 Å². The molecule has 0 saturated heterocycles. The molecule has 3 aromatic heterocycles. The van der Waals surface area contributed by atoms with Gasteiger partial charge in [0.25, 0.3) is 0 Å². The number of nitrogens with zero attached hydrogens (tertiary/aromatic N) is 7. The van der Waals surface area contributed by atoms with Gasteiger partial charge in [-0.1, -0.05) is 30.3 Å². The molecule has 2 aromatic carbocycles. The van der Waals surface area contributed by atoms with Gasteiger partial charge in [-0.3, -0.25) is 9.78 Å². The fourth-order valence-corrected chi connectivity index (χ4v) is 3.51. The normalized spacial score (nSPS) is 11.1. The van der Waals surface area contributed by atoms with Gasteiger partial charge in [0.2, 0.25) is 5.91 Å². The third-order valence-electron chi connectivity index (χ3n) is 5.12. The first kappa shape index (κ1) is 21.0. The van der Waals surface area contributed by atoms with Crippen LogP contribution in [0.1, 0.15) is 5.56 Å². The molecule has 0 aliphatic rings. The summed E-state index contributed by atoms with van der Waals surface area (Å²) in [7, 11) is 1.76. The highest BCUT2D eigenvalue weighted by molar-refractivity contribution is 6.02. The Bertz CT molecular complexity index is 1450. The molecule has 3 heterocycles. The highest BCUT2D eigenvalue weighted by Crippen LogP contribution is 2.24. The summed E-state index contributed by atoms with van der Waals surface area (Å²) >= 11 is 0. The second-order valence-electron chi connectivity index (χ2n) is 7.48. The van der Waals surface area contributed by atoms with E-state index in [9.17, 15) is 4.79 Å². The molecule has 0 aliphatic carbocycles. The Morgan fingerprint density at radius 1 is 1.00 bits per heavy atom. The molecule has 34 heavy (non-hydrogen) atoms. The average Bonchev–Trinajstić information content (AvgIpc) is 3.50. The average molecular weight is 448 g/mol. The van der Waals surface area contributed by atoms with Gasteiger partial charge in [0.05, 0.1) is 5.69 Å². The van der Waals surface area contributed by atoms with E-state index in [1.807, 2.05) is 72.9 Å². The van der Waals surface area contributed by atoms with Gasteiger partial charge in [0, 0.05) is 54.1 Å². The van der Waals surface area contributed by atoms with Crippen LogP contribution in [0.4, 0.5) is 5.69 Å². The number of carbonyl (C=O) groups excluding carboxylic acids is 1. The Hall–Kier alpha value is -4.92. The number of nitrogens with one attached hydrogen (secondary N) is 1. The van der Waals surface area contributed by atoms with Gasteiger partial charge in [-0.25, -0.2) is 9.36 Å². The summed E-state index contributed by atoms with van der Waals surface area (Å²) in [6.45, 7) is 0. The molecule has 9 heteroatoms. The van der Waals surface area contributed by atoms with Crippen LogP contribution >= 0.6 is 0 Å². The van der Waals surface area contributed by atoms with Crippen molar-refractivity contribution in [2.75, 3.05) is 5.32 Å². The van der Waals surface area contributed by atoms with Crippen LogP contribution in [-0.2, 0) is 11.8 Å². The van der Waals surface area contributed by atoms with Gasteiger partial charge in [-0.05, 0) is 52.9 Å². The van der Waals surface area contributed by atoms with Crippen LogP contribution in [0.15, 0.2) is 91.4 Å². The number of hydrogen-bond donors (Lipinski definition) is 1. The standard InChI is InChI=1S/C25H20N8O/c1-32-25(28-30-31-32)18-7-5-9-21(15-18)27-23(34)13-12-20-17-33(22-10-3-2-4-11-22)29-24(20)19-8-6-14-26-16-19/h2-17H,1H3,(H,27,34)/b13-12+. The molecule has 5 rings (SSSR count). The van der Waals surface area contributed by atoms with Crippen molar-refractivity contribution >= 4 is 17.7 Å². The Morgan fingerprint density at radius 2 is 1.85 bits per heavy atom. The van der Waals surface area contributed by atoms with Crippen LogP contribution in [0.5, 0.6) is 0 Å². The zero-order valence-corrected chi connectivity index (χ0v) is 18.3. The van der Waals surface area contributed by atoms with E-state index < -0.39 is 0 Å². The number of aromatic nitrogens is 7. The van der Waals surface area contributed by atoms with E-state index in [2.05, 4.69) is 25.8 Å². The Labute approximate surface area is 195 Å². The second-order valence-corrected chi connectivity index (χ2v) is 7.48. The maximum Gasteiger partial charge on any atom is 0.248 e. The molecule has 0 saturated carbocycles. The first-order valence-electron chi connectivity index (χ1n) is 10.5. The van der Waals surface area contributed by atoms with Gasteiger partial charge < -0.3 is 5.32 Å².